The van der Waals surface area contributed by atoms with Crippen LogP contribution in [0, 0.1) is 0 Å². The lowest BCUT2D eigenvalue weighted by molar-refractivity contribution is -0.141. The molecule has 0 fully saturated rings. The summed E-state index contributed by atoms with van der Waals surface area (Å²) in [5, 5.41) is -1.03. The van der Waals surface area contributed by atoms with E-state index in [1.807, 2.05) is 0 Å². The molecule has 112 valence electrons. The maximum absolute atomic E-state index is 10.6. The fraction of sp³-hybridized carbons (Fsp3) is 0.818. The molecule has 0 saturated carbocycles. The van der Waals surface area contributed by atoms with Crippen LogP contribution in [-0.2, 0) is 19.1 Å². The number of halogens is 4. The van der Waals surface area contributed by atoms with Gasteiger partial charge in [-0.2, -0.15) is 0 Å². The van der Waals surface area contributed by atoms with Gasteiger partial charge in [0.2, 0.25) is 0 Å². The van der Waals surface area contributed by atoms with E-state index in [9.17, 15) is 9.59 Å². The molecule has 0 spiro atoms. The number of hydrogen-bond acceptors (Lipinski definition) is 4. The van der Waals surface area contributed by atoms with Gasteiger partial charge in [-0.15, -0.1) is 46.4 Å². The van der Waals surface area contributed by atoms with E-state index in [0.29, 0.717) is 0 Å². The van der Waals surface area contributed by atoms with Crippen molar-refractivity contribution in [3.63, 3.8) is 0 Å². The van der Waals surface area contributed by atoms with E-state index < -0.39 is 27.0 Å². The summed E-state index contributed by atoms with van der Waals surface area (Å²) in [6, 6.07) is 0. The Labute approximate surface area is 132 Å². The fourth-order valence-corrected chi connectivity index (χ4v) is 2.98. The van der Waals surface area contributed by atoms with Gasteiger partial charge in [-0.3, -0.25) is 9.59 Å². The Balaban J connectivity index is 4.07. The quantitative estimate of drug-likeness (QED) is 0.496. The smallest absolute Gasteiger partial charge is 0.302 e. The van der Waals surface area contributed by atoms with Crippen molar-refractivity contribution in [1.82, 2.24) is 0 Å². The Bertz CT molecular complexity index is 281. The number of carbonyl (C=O) groups excluding carboxylic acids is 2. The Morgan fingerprint density at radius 3 is 1.53 bits per heavy atom. The molecular weight excluding hydrogens is 338 g/mol. The maximum Gasteiger partial charge on any atom is 0.302 e. The van der Waals surface area contributed by atoms with Crippen LogP contribution in [0.2, 0.25) is 0 Å². The minimum atomic E-state index is -1.18. The van der Waals surface area contributed by atoms with Gasteiger partial charge in [0, 0.05) is 26.7 Å². The molecule has 8 heteroatoms. The van der Waals surface area contributed by atoms with Crippen LogP contribution in [0.15, 0.2) is 0 Å². The minimum absolute atomic E-state index is 0.0228. The molecule has 0 aliphatic rings. The van der Waals surface area contributed by atoms with E-state index in [4.69, 9.17) is 55.9 Å². The lowest BCUT2D eigenvalue weighted by Gasteiger charge is -2.24. The van der Waals surface area contributed by atoms with Crippen molar-refractivity contribution in [3.8, 4) is 0 Å². The highest BCUT2D eigenvalue weighted by molar-refractivity contribution is 6.49. The third-order valence-electron chi connectivity index (χ3n) is 1.98. The van der Waals surface area contributed by atoms with Crippen molar-refractivity contribution in [2.45, 2.75) is 41.8 Å². The molecule has 0 bridgehead atoms. The van der Waals surface area contributed by atoms with Gasteiger partial charge in [-0.1, -0.05) is 0 Å². The molecule has 0 aliphatic heterocycles. The molecule has 2 unspecified atom stereocenters. The number of carbonyl (C=O) groups is 2. The zero-order valence-corrected chi connectivity index (χ0v) is 13.7. The van der Waals surface area contributed by atoms with Gasteiger partial charge in [-0.25, -0.2) is 0 Å². The largest absolute Gasteiger partial charge is 0.464 e. The topological polar surface area (TPSA) is 52.6 Å². The molecule has 0 aromatic carbocycles. The van der Waals surface area contributed by atoms with E-state index in [1.54, 1.807) is 0 Å². The molecule has 0 N–H and O–H groups in total. The molecule has 0 aromatic rings. The predicted octanol–water partition coefficient (Wildman–Crippen LogP) is 3.28. The first-order valence-corrected chi connectivity index (χ1v) is 7.18. The molecule has 0 heterocycles. The molecule has 0 radical (unpaired) electrons. The average molecular weight is 354 g/mol. The van der Waals surface area contributed by atoms with E-state index in [1.165, 1.54) is 13.8 Å². The van der Waals surface area contributed by atoms with Gasteiger partial charge in [0.25, 0.3) is 0 Å². The van der Waals surface area contributed by atoms with E-state index in [-0.39, 0.29) is 26.1 Å². The standard InChI is InChI=1S/C11H16Cl4O4/c1-7(16)18-5-9(12)3-11(14,15)4-10(13)6-19-8(2)17/h9-10H,3-6H2,1-2H3. The Morgan fingerprint density at radius 1 is 0.947 bits per heavy atom. The maximum atomic E-state index is 10.6. The van der Waals surface area contributed by atoms with Gasteiger partial charge >= 0.3 is 11.9 Å². The van der Waals surface area contributed by atoms with Crippen LogP contribution in [-0.4, -0.2) is 40.2 Å². The highest BCUT2D eigenvalue weighted by Crippen LogP contribution is 2.35. The van der Waals surface area contributed by atoms with Crippen molar-refractivity contribution in [2.24, 2.45) is 0 Å². The summed E-state index contributed by atoms with van der Waals surface area (Å²) >= 11 is 24.0. The number of ether oxygens (including phenoxy) is 2. The zero-order valence-electron chi connectivity index (χ0n) is 10.6. The molecule has 0 aliphatic carbocycles. The highest BCUT2D eigenvalue weighted by Gasteiger charge is 2.31. The molecule has 0 saturated heterocycles. The van der Waals surface area contributed by atoms with E-state index >= 15 is 0 Å². The summed E-state index contributed by atoms with van der Waals surface area (Å²) in [5.41, 5.74) is 0. The molecule has 19 heavy (non-hydrogen) atoms. The average Bonchev–Trinajstić information content (AvgIpc) is 2.22. The fourth-order valence-electron chi connectivity index (χ4n) is 1.26. The van der Waals surface area contributed by atoms with Crippen LogP contribution in [0.25, 0.3) is 0 Å². The molecular formula is C11H16Cl4O4. The third kappa shape index (κ3) is 11.6. The first-order valence-electron chi connectivity index (χ1n) is 5.55. The van der Waals surface area contributed by atoms with Crippen molar-refractivity contribution in [3.05, 3.63) is 0 Å². The summed E-state index contributed by atoms with van der Waals surface area (Å²) < 4.78 is 8.30. The van der Waals surface area contributed by atoms with Gasteiger partial charge < -0.3 is 9.47 Å². The lowest BCUT2D eigenvalue weighted by atomic mass is 10.1. The SMILES string of the molecule is CC(=O)OCC(Cl)CC(Cl)(Cl)CC(Cl)COC(C)=O. The van der Waals surface area contributed by atoms with Gasteiger partial charge in [-0.05, 0) is 0 Å². The Morgan fingerprint density at radius 2 is 1.26 bits per heavy atom. The van der Waals surface area contributed by atoms with Gasteiger partial charge in [0.15, 0.2) is 0 Å². The first-order chi connectivity index (χ1) is 8.62. The molecule has 0 aromatic heterocycles. The normalized spacial score (nSPS) is 14.6. The molecule has 0 rings (SSSR count). The monoisotopic (exact) mass is 352 g/mol. The number of esters is 2. The summed E-state index contributed by atoms with van der Waals surface area (Å²) in [7, 11) is 0. The van der Waals surface area contributed by atoms with Crippen LogP contribution >= 0.6 is 46.4 Å². The van der Waals surface area contributed by atoms with Crippen molar-refractivity contribution < 1.29 is 19.1 Å². The van der Waals surface area contributed by atoms with Crippen molar-refractivity contribution in [2.75, 3.05) is 13.2 Å². The number of alkyl halides is 4. The number of hydrogen-bond donors (Lipinski definition) is 0. The first kappa shape index (κ1) is 19.1. The summed E-state index contributed by atoms with van der Waals surface area (Å²) in [4.78, 5) is 21.2. The second-order valence-electron chi connectivity index (χ2n) is 4.06. The lowest BCUT2D eigenvalue weighted by Crippen LogP contribution is -2.27. The molecule has 4 nitrogen and oxygen atoms in total. The van der Waals surface area contributed by atoms with Crippen LogP contribution < -0.4 is 0 Å². The third-order valence-corrected chi connectivity index (χ3v) is 3.15. The van der Waals surface area contributed by atoms with Gasteiger partial charge in [0.1, 0.15) is 17.5 Å². The summed E-state index contributed by atoms with van der Waals surface area (Å²) in [5.74, 6) is -0.851. The zero-order chi connectivity index (χ0) is 15.1. The van der Waals surface area contributed by atoms with E-state index in [0.717, 1.165) is 0 Å². The summed E-state index contributed by atoms with van der Waals surface area (Å²) in [6.45, 7) is 2.61. The Hall–Kier alpha value is 0.1000. The number of rotatable bonds is 8. The molecule has 0 amide bonds. The van der Waals surface area contributed by atoms with Crippen LogP contribution in [0.5, 0.6) is 0 Å². The van der Waals surface area contributed by atoms with Crippen LogP contribution in [0.1, 0.15) is 26.7 Å². The second-order valence-corrected chi connectivity index (χ2v) is 6.94. The van der Waals surface area contributed by atoms with Crippen LogP contribution in [0.4, 0.5) is 0 Å². The van der Waals surface area contributed by atoms with Crippen LogP contribution in [0.3, 0.4) is 0 Å². The Kier molecular flexibility index (Phi) is 9.16. The molecule has 2 atom stereocenters. The van der Waals surface area contributed by atoms with E-state index in [2.05, 4.69) is 0 Å². The second kappa shape index (κ2) is 9.11. The van der Waals surface area contributed by atoms with Gasteiger partial charge in [0.05, 0.1) is 10.8 Å². The highest BCUT2D eigenvalue weighted by atomic mass is 35.5. The summed E-state index contributed by atoms with van der Waals surface area (Å²) in [6.07, 6.45) is 0.377. The minimum Gasteiger partial charge on any atom is -0.464 e. The van der Waals surface area contributed by atoms with Crippen molar-refractivity contribution >= 4 is 58.3 Å². The van der Waals surface area contributed by atoms with Crippen molar-refractivity contribution in [1.29, 1.82) is 0 Å². The predicted molar refractivity (Wildman–Crippen MR) is 76.2 cm³/mol.